The number of hydrogen-bond donors (Lipinski definition) is 1. The van der Waals surface area contributed by atoms with Crippen molar-refractivity contribution >= 4 is 27.8 Å². The molecule has 0 spiro atoms. The van der Waals surface area contributed by atoms with Gasteiger partial charge in [0.1, 0.15) is 11.5 Å². The Hall–Kier alpha value is -4.52. The highest BCUT2D eigenvalue weighted by atomic mass is 16.6. The highest BCUT2D eigenvalue weighted by Gasteiger charge is 2.29. The molecule has 0 radical (unpaired) electrons. The molecule has 0 fully saturated rings. The Morgan fingerprint density at radius 3 is 2.26 bits per heavy atom. The van der Waals surface area contributed by atoms with Crippen molar-refractivity contribution in [3.8, 4) is 11.5 Å². The monoisotopic (exact) mass is 453 g/mol. The standard InChI is InChI=1S/C27H23N3O4/c1-33-22-12-6-18(7-13-22)26-17-27(29(28-26)20-8-10-21(11-9-20)30(31)32)25-5-3-4-19-16-23(34-2)14-15-24(19)25/h3-17,27-28H,1-2H3. The van der Waals surface area contributed by atoms with Crippen molar-refractivity contribution in [3.05, 3.63) is 112 Å². The fourth-order valence-electron chi connectivity index (χ4n) is 4.26. The molecule has 7 heteroatoms. The number of hydrogen-bond acceptors (Lipinski definition) is 6. The second-order valence-electron chi connectivity index (χ2n) is 7.94. The number of nitrogens with one attached hydrogen (secondary N) is 1. The van der Waals surface area contributed by atoms with Crippen LogP contribution in [0.2, 0.25) is 0 Å². The number of non-ortho nitro benzene ring substituents is 1. The summed E-state index contributed by atoms with van der Waals surface area (Å²) >= 11 is 0. The molecule has 34 heavy (non-hydrogen) atoms. The Morgan fingerprint density at radius 1 is 0.882 bits per heavy atom. The molecule has 1 aliphatic rings. The second kappa shape index (κ2) is 8.78. The summed E-state index contributed by atoms with van der Waals surface area (Å²) in [6, 6.07) is 26.5. The smallest absolute Gasteiger partial charge is 0.269 e. The summed E-state index contributed by atoms with van der Waals surface area (Å²) in [6.07, 6.45) is 2.17. The molecule has 1 unspecified atom stereocenters. The van der Waals surface area contributed by atoms with Crippen LogP contribution in [-0.2, 0) is 0 Å². The Balaban J connectivity index is 1.61. The van der Waals surface area contributed by atoms with Gasteiger partial charge in [-0.1, -0.05) is 24.3 Å². The molecule has 4 aromatic rings. The Labute approximate surface area is 197 Å². The fraction of sp³-hybridized carbons (Fsp3) is 0.111. The highest BCUT2D eigenvalue weighted by Crippen LogP contribution is 2.39. The third kappa shape index (κ3) is 3.88. The van der Waals surface area contributed by atoms with E-state index in [1.165, 1.54) is 12.1 Å². The predicted octanol–water partition coefficient (Wildman–Crippen LogP) is 5.87. The van der Waals surface area contributed by atoms with E-state index < -0.39 is 4.92 Å². The number of nitrogens with zero attached hydrogens (tertiary/aromatic N) is 2. The van der Waals surface area contributed by atoms with Crippen molar-refractivity contribution in [1.82, 2.24) is 5.43 Å². The molecule has 0 bridgehead atoms. The fourth-order valence-corrected chi connectivity index (χ4v) is 4.26. The number of ether oxygens (including phenoxy) is 2. The molecule has 0 aliphatic carbocycles. The molecule has 0 saturated heterocycles. The van der Waals surface area contributed by atoms with E-state index in [-0.39, 0.29) is 11.7 Å². The first kappa shape index (κ1) is 21.3. The van der Waals surface area contributed by atoms with Crippen LogP contribution in [0, 0.1) is 10.1 Å². The lowest BCUT2D eigenvalue weighted by Crippen LogP contribution is -2.34. The maximum absolute atomic E-state index is 11.2. The summed E-state index contributed by atoms with van der Waals surface area (Å²) in [4.78, 5) is 10.8. The van der Waals surface area contributed by atoms with Gasteiger partial charge in [-0.3, -0.25) is 20.5 Å². The van der Waals surface area contributed by atoms with E-state index in [0.29, 0.717) is 0 Å². The summed E-state index contributed by atoms with van der Waals surface area (Å²) in [5.74, 6) is 1.59. The first-order valence-electron chi connectivity index (χ1n) is 10.8. The number of anilines is 1. The van der Waals surface area contributed by atoms with Crippen LogP contribution >= 0.6 is 0 Å². The van der Waals surface area contributed by atoms with Gasteiger partial charge < -0.3 is 9.47 Å². The largest absolute Gasteiger partial charge is 0.497 e. The van der Waals surface area contributed by atoms with Gasteiger partial charge in [0.2, 0.25) is 0 Å². The number of benzene rings is 4. The van der Waals surface area contributed by atoms with Gasteiger partial charge in [-0.15, -0.1) is 0 Å². The Kier molecular flexibility index (Phi) is 5.51. The lowest BCUT2D eigenvalue weighted by molar-refractivity contribution is -0.384. The number of nitro benzene ring substituents is 1. The molecular weight excluding hydrogens is 430 g/mol. The van der Waals surface area contributed by atoms with E-state index >= 15 is 0 Å². The van der Waals surface area contributed by atoms with Crippen molar-refractivity contribution < 1.29 is 14.4 Å². The minimum atomic E-state index is -0.391. The van der Waals surface area contributed by atoms with Gasteiger partial charge in [0.25, 0.3) is 5.69 Å². The third-order valence-electron chi connectivity index (χ3n) is 6.02. The quantitative estimate of drug-likeness (QED) is 0.291. The molecular formula is C27H23N3O4. The molecule has 1 N–H and O–H groups in total. The lowest BCUT2D eigenvalue weighted by atomic mass is 9.97. The zero-order valence-corrected chi connectivity index (χ0v) is 18.8. The number of nitro groups is 1. The molecule has 0 saturated carbocycles. The van der Waals surface area contributed by atoms with Crippen LogP contribution in [0.1, 0.15) is 17.2 Å². The zero-order valence-electron chi connectivity index (χ0n) is 18.8. The van der Waals surface area contributed by atoms with Crippen molar-refractivity contribution in [2.24, 2.45) is 0 Å². The van der Waals surface area contributed by atoms with Gasteiger partial charge in [-0.25, -0.2) is 0 Å². The van der Waals surface area contributed by atoms with Crippen LogP contribution in [0.3, 0.4) is 0 Å². The van der Waals surface area contributed by atoms with E-state index in [4.69, 9.17) is 9.47 Å². The van der Waals surface area contributed by atoms with Crippen LogP contribution in [0.25, 0.3) is 16.5 Å². The van der Waals surface area contributed by atoms with Gasteiger partial charge in [0.05, 0.1) is 36.6 Å². The van der Waals surface area contributed by atoms with Crippen molar-refractivity contribution in [2.75, 3.05) is 19.2 Å². The summed E-state index contributed by atoms with van der Waals surface area (Å²) in [6.45, 7) is 0. The Bertz CT molecular complexity index is 1380. The first-order chi connectivity index (χ1) is 16.6. The summed E-state index contributed by atoms with van der Waals surface area (Å²) in [5, 5.41) is 15.4. The summed E-state index contributed by atoms with van der Waals surface area (Å²) in [7, 11) is 3.30. The van der Waals surface area contributed by atoms with Crippen LogP contribution in [0.5, 0.6) is 11.5 Å². The van der Waals surface area contributed by atoms with E-state index in [0.717, 1.165) is 44.8 Å². The number of methoxy groups -OCH3 is 2. The molecule has 4 aromatic carbocycles. The average molecular weight is 453 g/mol. The van der Waals surface area contributed by atoms with Crippen LogP contribution in [0.4, 0.5) is 11.4 Å². The van der Waals surface area contributed by atoms with Gasteiger partial charge >= 0.3 is 0 Å². The molecule has 1 atom stereocenters. The highest BCUT2D eigenvalue weighted by molar-refractivity contribution is 5.89. The van der Waals surface area contributed by atoms with E-state index in [9.17, 15) is 10.1 Å². The van der Waals surface area contributed by atoms with Gasteiger partial charge in [-0.05, 0) is 76.5 Å². The molecule has 7 nitrogen and oxygen atoms in total. The molecule has 0 aromatic heterocycles. The number of hydrazine groups is 1. The minimum Gasteiger partial charge on any atom is -0.497 e. The zero-order chi connectivity index (χ0) is 23.7. The number of fused-ring (bicyclic) bond motifs is 1. The molecule has 1 aliphatic heterocycles. The van der Waals surface area contributed by atoms with Gasteiger partial charge in [-0.2, -0.15) is 0 Å². The molecule has 0 amide bonds. The third-order valence-corrected chi connectivity index (χ3v) is 6.02. The Morgan fingerprint density at radius 2 is 1.59 bits per heavy atom. The van der Waals surface area contributed by atoms with E-state index in [2.05, 4.69) is 29.7 Å². The molecule has 5 rings (SSSR count). The predicted molar refractivity (Wildman–Crippen MR) is 133 cm³/mol. The van der Waals surface area contributed by atoms with E-state index in [1.807, 2.05) is 47.5 Å². The molecule has 170 valence electrons. The number of rotatable bonds is 6. The van der Waals surface area contributed by atoms with Crippen LogP contribution < -0.4 is 19.9 Å². The maximum Gasteiger partial charge on any atom is 0.269 e. The summed E-state index contributed by atoms with van der Waals surface area (Å²) < 4.78 is 10.7. The lowest BCUT2D eigenvalue weighted by Gasteiger charge is -2.28. The first-order valence-corrected chi connectivity index (χ1v) is 10.8. The SMILES string of the molecule is COc1ccc(C2=CC(c3cccc4cc(OC)ccc34)N(c3ccc([N+](=O)[O-])cc3)N2)cc1. The van der Waals surface area contributed by atoms with Crippen molar-refractivity contribution in [3.63, 3.8) is 0 Å². The average Bonchev–Trinajstić information content (AvgIpc) is 3.33. The van der Waals surface area contributed by atoms with E-state index in [1.54, 1.807) is 26.4 Å². The van der Waals surface area contributed by atoms with Crippen LogP contribution in [-0.4, -0.2) is 19.1 Å². The van der Waals surface area contributed by atoms with Gasteiger partial charge in [0.15, 0.2) is 0 Å². The van der Waals surface area contributed by atoms with Crippen molar-refractivity contribution in [1.29, 1.82) is 0 Å². The maximum atomic E-state index is 11.2. The normalized spacial score (nSPS) is 15.1. The minimum absolute atomic E-state index is 0.0556. The van der Waals surface area contributed by atoms with Gasteiger partial charge in [0, 0.05) is 12.1 Å². The summed E-state index contributed by atoms with van der Waals surface area (Å²) in [5.41, 5.74) is 7.44. The topological polar surface area (TPSA) is 76.9 Å². The molecule has 1 heterocycles. The second-order valence-corrected chi connectivity index (χ2v) is 7.94. The van der Waals surface area contributed by atoms with Crippen molar-refractivity contribution in [2.45, 2.75) is 6.04 Å². The van der Waals surface area contributed by atoms with Crippen LogP contribution in [0.15, 0.2) is 91.0 Å².